The Morgan fingerprint density at radius 3 is 2.85 bits per heavy atom. The molecule has 1 saturated heterocycles. The first-order valence-corrected chi connectivity index (χ1v) is 8.81. The fourth-order valence-corrected chi connectivity index (χ4v) is 3.44. The number of para-hydroxylation sites is 1. The third-order valence-electron chi connectivity index (χ3n) is 4.86. The number of primary amides is 1. The molecule has 2 aromatic rings. The molecule has 2 amide bonds. The number of nitrogens with one attached hydrogen (secondary N) is 1. The van der Waals surface area contributed by atoms with Gasteiger partial charge < -0.3 is 20.5 Å². The van der Waals surface area contributed by atoms with Crippen LogP contribution in [-0.2, 0) is 4.79 Å². The fourth-order valence-electron chi connectivity index (χ4n) is 3.44. The van der Waals surface area contributed by atoms with E-state index in [9.17, 15) is 14.0 Å². The lowest BCUT2D eigenvalue weighted by molar-refractivity contribution is -0.123. The summed E-state index contributed by atoms with van der Waals surface area (Å²) in [5, 5.41) is 3.37. The van der Waals surface area contributed by atoms with Gasteiger partial charge in [-0.2, -0.15) is 0 Å². The van der Waals surface area contributed by atoms with Crippen LogP contribution in [0.4, 0.5) is 4.39 Å². The first-order chi connectivity index (χ1) is 13.0. The number of aromatic nitrogens is 1. The molecule has 0 saturated carbocycles. The van der Waals surface area contributed by atoms with Crippen LogP contribution < -0.4 is 20.5 Å². The van der Waals surface area contributed by atoms with Crippen molar-refractivity contribution in [1.82, 2.24) is 10.3 Å². The van der Waals surface area contributed by atoms with E-state index in [1.54, 1.807) is 24.3 Å². The topological polar surface area (TPSA) is 104 Å². The van der Waals surface area contributed by atoms with Gasteiger partial charge in [-0.15, -0.1) is 0 Å². The first kappa shape index (κ1) is 18.9. The zero-order valence-corrected chi connectivity index (χ0v) is 15.2. The van der Waals surface area contributed by atoms with E-state index in [-0.39, 0.29) is 30.0 Å². The summed E-state index contributed by atoms with van der Waals surface area (Å²) in [6.45, 7) is 2.15. The van der Waals surface area contributed by atoms with Crippen LogP contribution in [0.1, 0.15) is 30.1 Å². The number of alkyl halides is 1. The zero-order valence-electron chi connectivity index (χ0n) is 15.2. The van der Waals surface area contributed by atoms with E-state index in [4.69, 9.17) is 15.2 Å². The van der Waals surface area contributed by atoms with E-state index in [1.165, 1.54) is 7.11 Å². The van der Waals surface area contributed by atoms with E-state index >= 15 is 0 Å². The van der Waals surface area contributed by atoms with Crippen molar-refractivity contribution in [3.63, 3.8) is 0 Å². The number of nitrogens with zero attached hydrogens (tertiary/aromatic N) is 1. The number of hydrogen-bond acceptors (Lipinski definition) is 5. The number of carbonyl (C=O) groups excluding carboxylic acids is 2. The Kier molecular flexibility index (Phi) is 5.43. The van der Waals surface area contributed by atoms with Crippen molar-refractivity contribution in [3.8, 4) is 11.6 Å². The minimum atomic E-state index is -1.46. The summed E-state index contributed by atoms with van der Waals surface area (Å²) in [5.41, 5.74) is 6.09. The third-order valence-corrected chi connectivity index (χ3v) is 4.86. The molecule has 1 aromatic carbocycles. The summed E-state index contributed by atoms with van der Waals surface area (Å²) < 4.78 is 24.8. The SMILES string of the molecule is CC[C@@H]1[C@H](F)C(=O)N[C@@H]1CCOc1cccc2cc(C(N)=O)c(OC)nc12. The molecule has 8 heteroatoms. The molecule has 0 bridgehead atoms. The van der Waals surface area contributed by atoms with E-state index in [1.807, 2.05) is 6.92 Å². The van der Waals surface area contributed by atoms with Crippen LogP contribution in [0.15, 0.2) is 24.3 Å². The molecule has 0 unspecified atom stereocenters. The van der Waals surface area contributed by atoms with Crippen molar-refractivity contribution in [2.24, 2.45) is 11.7 Å². The van der Waals surface area contributed by atoms with Crippen LogP contribution in [0.25, 0.3) is 10.9 Å². The maximum Gasteiger partial charge on any atom is 0.255 e. The molecule has 0 radical (unpaired) electrons. The van der Waals surface area contributed by atoms with Crippen molar-refractivity contribution in [3.05, 3.63) is 29.8 Å². The molecule has 144 valence electrons. The number of nitrogens with two attached hydrogens (primary N) is 1. The number of fused-ring (bicyclic) bond motifs is 1. The monoisotopic (exact) mass is 375 g/mol. The Bertz CT molecular complexity index is 873. The predicted molar refractivity (Wildman–Crippen MR) is 97.5 cm³/mol. The van der Waals surface area contributed by atoms with Crippen LogP contribution in [0.5, 0.6) is 11.6 Å². The van der Waals surface area contributed by atoms with Crippen molar-refractivity contribution in [1.29, 1.82) is 0 Å². The summed E-state index contributed by atoms with van der Waals surface area (Å²) >= 11 is 0. The van der Waals surface area contributed by atoms with Crippen molar-refractivity contribution in [2.75, 3.05) is 13.7 Å². The summed E-state index contributed by atoms with van der Waals surface area (Å²) in [5.74, 6) is -0.889. The van der Waals surface area contributed by atoms with Crippen molar-refractivity contribution in [2.45, 2.75) is 32.0 Å². The van der Waals surface area contributed by atoms with Gasteiger partial charge in [0.05, 0.1) is 13.7 Å². The van der Waals surface area contributed by atoms with Crippen LogP contribution >= 0.6 is 0 Å². The Labute approximate surface area is 156 Å². The number of pyridine rings is 1. The second-order valence-electron chi connectivity index (χ2n) is 6.46. The van der Waals surface area contributed by atoms with E-state index < -0.39 is 18.0 Å². The molecule has 0 aliphatic carbocycles. The van der Waals surface area contributed by atoms with Crippen LogP contribution in [0.2, 0.25) is 0 Å². The third kappa shape index (κ3) is 3.65. The average Bonchev–Trinajstić information content (AvgIpc) is 2.93. The lowest BCUT2D eigenvalue weighted by Crippen LogP contribution is -2.30. The van der Waals surface area contributed by atoms with Gasteiger partial charge in [0.2, 0.25) is 5.88 Å². The van der Waals surface area contributed by atoms with Crippen molar-refractivity contribution < 1.29 is 23.5 Å². The van der Waals surface area contributed by atoms with Gasteiger partial charge in [0.1, 0.15) is 16.8 Å². The Balaban J connectivity index is 1.77. The molecule has 1 aromatic heterocycles. The summed E-state index contributed by atoms with van der Waals surface area (Å²) in [4.78, 5) is 27.4. The maximum absolute atomic E-state index is 13.9. The number of rotatable bonds is 7. The Morgan fingerprint density at radius 1 is 1.41 bits per heavy atom. The van der Waals surface area contributed by atoms with Gasteiger partial charge in [-0.05, 0) is 18.6 Å². The average molecular weight is 375 g/mol. The van der Waals surface area contributed by atoms with Gasteiger partial charge in [0, 0.05) is 23.8 Å². The number of amides is 2. The molecular formula is C19H22FN3O4. The zero-order chi connectivity index (χ0) is 19.6. The molecule has 1 aliphatic heterocycles. The molecule has 0 spiro atoms. The summed E-state index contributed by atoms with van der Waals surface area (Å²) in [6.07, 6.45) is -0.402. The van der Waals surface area contributed by atoms with Crippen LogP contribution in [0.3, 0.4) is 0 Å². The largest absolute Gasteiger partial charge is 0.491 e. The molecule has 3 rings (SSSR count). The molecule has 1 aliphatic rings. The number of benzene rings is 1. The number of halogens is 1. The number of carbonyl (C=O) groups is 2. The standard InChI is InChI=1S/C19H22FN3O4/c1-3-11-13(22-18(25)15(11)20)7-8-27-14-6-4-5-10-9-12(17(21)24)19(26-2)23-16(10)14/h4-6,9,11,13,15H,3,7-8H2,1-2H3,(H2,21,24)(H,22,25)/t11-,13+,15-/m0/s1. The number of methoxy groups -OCH3 is 1. The Hall–Kier alpha value is -2.90. The minimum Gasteiger partial charge on any atom is -0.491 e. The Morgan fingerprint density at radius 2 is 2.19 bits per heavy atom. The van der Waals surface area contributed by atoms with Gasteiger partial charge in [-0.25, -0.2) is 9.37 Å². The van der Waals surface area contributed by atoms with E-state index in [0.29, 0.717) is 29.5 Å². The van der Waals surface area contributed by atoms with E-state index in [0.717, 1.165) is 0 Å². The highest BCUT2D eigenvalue weighted by Crippen LogP contribution is 2.30. The molecule has 3 N–H and O–H groups in total. The predicted octanol–water partition coefficient (Wildman–Crippen LogP) is 1.97. The molecule has 3 atom stereocenters. The smallest absolute Gasteiger partial charge is 0.255 e. The minimum absolute atomic E-state index is 0.125. The number of ether oxygens (including phenoxy) is 2. The van der Waals surface area contributed by atoms with Gasteiger partial charge in [0.25, 0.3) is 11.8 Å². The summed E-state index contributed by atoms with van der Waals surface area (Å²) in [7, 11) is 1.41. The normalized spacial score (nSPS) is 21.9. The molecule has 1 fully saturated rings. The number of hydrogen-bond donors (Lipinski definition) is 2. The molecular weight excluding hydrogens is 353 g/mol. The lowest BCUT2D eigenvalue weighted by atomic mass is 9.94. The molecule has 27 heavy (non-hydrogen) atoms. The van der Waals surface area contributed by atoms with Gasteiger partial charge in [0.15, 0.2) is 6.17 Å². The highest BCUT2D eigenvalue weighted by Gasteiger charge is 2.41. The van der Waals surface area contributed by atoms with Gasteiger partial charge in [-0.3, -0.25) is 9.59 Å². The van der Waals surface area contributed by atoms with Crippen LogP contribution in [-0.4, -0.2) is 42.7 Å². The van der Waals surface area contributed by atoms with Crippen LogP contribution in [0, 0.1) is 5.92 Å². The lowest BCUT2D eigenvalue weighted by Gasteiger charge is -2.18. The van der Waals surface area contributed by atoms with Gasteiger partial charge >= 0.3 is 0 Å². The molecule has 7 nitrogen and oxygen atoms in total. The van der Waals surface area contributed by atoms with E-state index in [2.05, 4.69) is 10.3 Å². The maximum atomic E-state index is 13.9. The highest BCUT2D eigenvalue weighted by molar-refractivity contribution is 5.99. The van der Waals surface area contributed by atoms with Gasteiger partial charge in [-0.1, -0.05) is 19.1 Å². The second kappa shape index (κ2) is 7.77. The second-order valence-corrected chi connectivity index (χ2v) is 6.46. The highest BCUT2D eigenvalue weighted by atomic mass is 19.1. The first-order valence-electron chi connectivity index (χ1n) is 8.81. The molecule has 2 heterocycles. The fraction of sp³-hybridized carbons (Fsp3) is 0.421. The quantitative estimate of drug-likeness (QED) is 0.770. The summed E-state index contributed by atoms with van der Waals surface area (Å²) in [6, 6.07) is 6.67. The van der Waals surface area contributed by atoms with Crippen molar-refractivity contribution >= 4 is 22.7 Å².